The van der Waals surface area contributed by atoms with Gasteiger partial charge in [-0.2, -0.15) is 21.6 Å². The van der Waals surface area contributed by atoms with Gasteiger partial charge in [0.2, 0.25) is 0 Å². The Balaban J connectivity index is 1.87. The van der Waals surface area contributed by atoms with Crippen LogP contribution in [0.3, 0.4) is 0 Å². The zero-order valence-corrected chi connectivity index (χ0v) is 13.8. The van der Waals surface area contributed by atoms with Crippen LogP contribution >= 0.6 is 0 Å². The molecule has 0 unspecified atom stereocenters. The van der Waals surface area contributed by atoms with Gasteiger partial charge in [0.25, 0.3) is 0 Å². The van der Waals surface area contributed by atoms with Crippen molar-refractivity contribution in [1.82, 2.24) is 0 Å². The van der Waals surface area contributed by atoms with Gasteiger partial charge in [0.15, 0.2) is 5.78 Å². The molecule has 0 N–H and O–H groups in total. The van der Waals surface area contributed by atoms with Gasteiger partial charge >= 0.3 is 15.6 Å². The molecule has 0 aromatic heterocycles. The Kier molecular flexibility index (Phi) is 4.49. The molecule has 0 radical (unpaired) electrons. The number of benzene rings is 2. The molecule has 0 atom stereocenters. The molecule has 3 rings (SSSR count). The highest BCUT2D eigenvalue weighted by Gasteiger charge is 2.48. The second-order valence-corrected chi connectivity index (χ2v) is 6.88. The lowest BCUT2D eigenvalue weighted by atomic mass is 9.98. The van der Waals surface area contributed by atoms with Gasteiger partial charge in [-0.05, 0) is 23.8 Å². The van der Waals surface area contributed by atoms with E-state index in [4.69, 9.17) is 4.74 Å². The van der Waals surface area contributed by atoms with Gasteiger partial charge in [0.1, 0.15) is 18.1 Å². The minimum Gasteiger partial charge on any atom is -0.488 e. The minimum atomic E-state index is -5.79. The van der Waals surface area contributed by atoms with Gasteiger partial charge in [0.05, 0.1) is 5.56 Å². The first-order valence-corrected chi connectivity index (χ1v) is 8.66. The van der Waals surface area contributed by atoms with Crippen molar-refractivity contribution in [3.05, 3.63) is 65.2 Å². The number of ketones is 1. The summed E-state index contributed by atoms with van der Waals surface area (Å²) in [5.41, 5.74) is -4.29. The second-order valence-electron chi connectivity index (χ2n) is 5.34. The SMILES string of the molecule is O=C1C(=Cc2ccccc2)COc2cc(OS(=O)(=O)C(F)(F)F)ccc21. The van der Waals surface area contributed by atoms with E-state index in [0.29, 0.717) is 5.57 Å². The van der Waals surface area contributed by atoms with E-state index in [1.807, 2.05) is 6.07 Å². The maximum atomic E-state index is 12.5. The molecule has 9 heteroatoms. The molecule has 0 saturated heterocycles. The Morgan fingerprint density at radius 3 is 2.42 bits per heavy atom. The maximum absolute atomic E-state index is 12.5. The Morgan fingerprint density at radius 2 is 1.77 bits per heavy atom. The summed E-state index contributed by atoms with van der Waals surface area (Å²) in [5.74, 6) is -1.00. The van der Waals surface area contributed by atoms with Gasteiger partial charge in [-0.3, -0.25) is 4.79 Å². The predicted octanol–water partition coefficient (Wildman–Crippen LogP) is 3.57. The number of ether oxygens (including phenoxy) is 1. The van der Waals surface area contributed by atoms with E-state index in [1.165, 1.54) is 0 Å². The van der Waals surface area contributed by atoms with Crippen molar-refractivity contribution in [2.24, 2.45) is 0 Å². The van der Waals surface area contributed by atoms with Crippen LogP contribution in [-0.2, 0) is 10.1 Å². The molecule has 1 aliphatic rings. The van der Waals surface area contributed by atoms with Gasteiger partial charge in [-0.25, -0.2) is 0 Å². The molecule has 1 heterocycles. The highest BCUT2D eigenvalue weighted by molar-refractivity contribution is 7.88. The molecule has 2 aromatic carbocycles. The molecule has 0 spiro atoms. The highest BCUT2D eigenvalue weighted by Crippen LogP contribution is 2.34. The lowest BCUT2D eigenvalue weighted by Gasteiger charge is -2.19. The average molecular weight is 384 g/mol. The van der Waals surface area contributed by atoms with Gasteiger partial charge < -0.3 is 8.92 Å². The summed E-state index contributed by atoms with van der Waals surface area (Å²) in [6.07, 6.45) is 1.64. The number of alkyl halides is 3. The Bertz CT molecular complexity index is 979. The monoisotopic (exact) mass is 384 g/mol. The first-order valence-electron chi connectivity index (χ1n) is 7.25. The van der Waals surface area contributed by atoms with Crippen LogP contribution in [0.15, 0.2) is 54.1 Å². The standard InChI is InChI=1S/C17H11F3O5S/c18-17(19,20)26(22,23)25-13-6-7-14-15(9-13)24-10-12(16(14)21)8-11-4-2-1-3-5-11/h1-9H,10H2. The number of hydrogen-bond acceptors (Lipinski definition) is 5. The molecule has 0 amide bonds. The number of fused-ring (bicyclic) bond motifs is 1. The van der Waals surface area contributed by atoms with Gasteiger partial charge in [-0.1, -0.05) is 30.3 Å². The highest BCUT2D eigenvalue weighted by atomic mass is 32.2. The number of Topliss-reactive ketones (excluding diaryl/α,β-unsaturated/α-hetero) is 1. The van der Waals surface area contributed by atoms with Crippen molar-refractivity contribution in [2.75, 3.05) is 6.61 Å². The topological polar surface area (TPSA) is 69.7 Å². The Hall–Kier alpha value is -2.81. The summed E-state index contributed by atoms with van der Waals surface area (Å²) in [6, 6.07) is 12.1. The van der Waals surface area contributed by atoms with Crippen molar-refractivity contribution in [2.45, 2.75) is 5.51 Å². The fourth-order valence-electron chi connectivity index (χ4n) is 2.29. The number of hydrogen-bond donors (Lipinski definition) is 0. The summed E-state index contributed by atoms with van der Waals surface area (Å²) in [6.45, 7) is -0.101. The van der Waals surface area contributed by atoms with E-state index in [1.54, 1.807) is 30.3 Å². The lowest BCUT2D eigenvalue weighted by molar-refractivity contribution is -0.0500. The summed E-state index contributed by atoms with van der Waals surface area (Å²) in [5, 5.41) is 0. The minimum absolute atomic E-state index is 0.0462. The third kappa shape index (κ3) is 3.57. The van der Waals surface area contributed by atoms with Crippen LogP contribution in [0.5, 0.6) is 11.5 Å². The van der Waals surface area contributed by atoms with Crippen LogP contribution in [0.2, 0.25) is 0 Å². The van der Waals surface area contributed by atoms with Gasteiger partial charge in [-0.15, -0.1) is 0 Å². The molecular formula is C17H11F3O5S. The summed E-state index contributed by atoms with van der Waals surface area (Å²) >= 11 is 0. The fourth-order valence-corrected chi connectivity index (χ4v) is 2.74. The van der Waals surface area contributed by atoms with E-state index in [-0.39, 0.29) is 23.7 Å². The quantitative estimate of drug-likeness (QED) is 0.460. The lowest BCUT2D eigenvalue weighted by Crippen LogP contribution is -2.28. The number of halogens is 3. The first-order chi connectivity index (χ1) is 12.2. The van der Waals surface area contributed by atoms with E-state index >= 15 is 0 Å². The molecule has 0 saturated carbocycles. The molecule has 1 aliphatic heterocycles. The molecule has 0 aliphatic carbocycles. The van der Waals surface area contributed by atoms with Crippen molar-refractivity contribution in [3.8, 4) is 11.5 Å². The van der Waals surface area contributed by atoms with Crippen LogP contribution < -0.4 is 8.92 Å². The first kappa shape index (κ1) is 18.0. The van der Waals surface area contributed by atoms with Crippen molar-refractivity contribution >= 4 is 22.0 Å². The zero-order chi connectivity index (χ0) is 18.9. The van der Waals surface area contributed by atoms with E-state index < -0.39 is 21.4 Å². The van der Waals surface area contributed by atoms with Crippen LogP contribution in [0.4, 0.5) is 13.2 Å². The Labute approximate surface area is 146 Å². The van der Waals surface area contributed by atoms with Crippen LogP contribution in [-0.4, -0.2) is 26.3 Å². The summed E-state index contributed by atoms with van der Waals surface area (Å²) in [4.78, 5) is 12.5. The van der Waals surface area contributed by atoms with Crippen LogP contribution in [0, 0.1) is 0 Å². The van der Waals surface area contributed by atoms with Gasteiger partial charge in [0, 0.05) is 11.6 Å². The number of carbonyl (C=O) groups is 1. The largest absolute Gasteiger partial charge is 0.534 e. The smallest absolute Gasteiger partial charge is 0.488 e. The Morgan fingerprint density at radius 1 is 1.08 bits per heavy atom. The summed E-state index contributed by atoms with van der Waals surface area (Å²) < 4.78 is 68.6. The van der Waals surface area contributed by atoms with Crippen molar-refractivity contribution < 1.29 is 35.3 Å². The molecule has 0 bridgehead atoms. The number of carbonyl (C=O) groups excluding carboxylic acids is 1. The molecule has 2 aromatic rings. The van der Waals surface area contributed by atoms with E-state index in [9.17, 15) is 26.4 Å². The summed E-state index contributed by atoms with van der Waals surface area (Å²) in [7, 11) is -5.79. The molecular weight excluding hydrogens is 373 g/mol. The molecule has 0 fully saturated rings. The number of rotatable bonds is 3. The fraction of sp³-hybridized carbons (Fsp3) is 0.118. The third-order valence-electron chi connectivity index (χ3n) is 3.50. The van der Waals surface area contributed by atoms with E-state index in [0.717, 1.165) is 23.8 Å². The zero-order valence-electron chi connectivity index (χ0n) is 13.0. The van der Waals surface area contributed by atoms with Crippen molar-refractivity contribution in [1.29, 1.82) is 0 Å². The molecule has 136 valence electrons. The molecule has 26 heavy (non-hydrogen) atoms. The van der Waals surface area contributed by atoms with E-state index in [2.05, 4.69) is 4.18 Å². The van der Waals surface area contributed by atoms with Crippen LogP contribution in [0.25, 0.3) is 6.08 Å². The average Bonchev–Trinajstić information content (AvgIpc) is 2.57. The third-order valence-corrected chi connectivity index (χ3v) is 4.48. The molecule has 5 nitrogen and oxygen atoms in total. The van der Waals surface area contributed by atoms with Crippen LogP contribution in [0.1, 0.15) is 15.9 Å². The predicted molar refractivity (Wildman–Crippen MR) is 86.3 cm³/mol. The maximum Gasteiger partial charge on any atom is 0.534 e. The van der Waals surface area contributed by atoms with Crippen molar-refractivity contribution in [3.63, 3.8) is 0 Å². The normalized spacial score (nSPS) is 16.1. The second kappa shape index (κ2) is 6.49.